The minimum absolute atomic E-state index is 0.158. The van der Waals surface area contributed by atoms with Crippen molar-refractivity contribution in [3.8, 4) is 5.75 Å². The number of hydrogen-bond acceptors (Lipinski definition) is 5. The van der Waals surface area contributed by atoms with E-state index in [0.717, 1.165) is 28.8 Å². The van der Waals surface area contributed by atoms with E-state index in [0.29, 0.717) is 11.7 Å². The molecule has 0 aliphatic heterocycles. The van der Waals surface area contributed by atoms with Crippen LogP contribution in [0.15, 0.2) is 18.2 Å². The molecule has 1 aliphatic rings. The summed E-state index contributed by atoms with van der Waals surface area (Å²) < 4.78 is 6.46. The second-order valence-corrected chi connectivity index (χ2v) is 6.62. The number of anilines is 1. The Hall–Kier alpha value is -1.66. The van der Waals surface area contributed by atoms with Gasteiger partial charge < -0.3 is 15.8 Å². The first-order chi connectivity index (χ1) is 10.0. The van der Waals surface area contributed by atoms with Gasteiger partial charge in [-0.05, 0) is 50.8 Å². The predicted octanol–water partition coefficient (Wildman–Crippen LogP) is 2.76. The Bertz CT molecular complexity index is 677. The Labute approximate surface area is 127 Å². The zero-order valence-electron chi connectivity index (χ0n) is 12.2. The second kappa shape index (κ2) is 5.27. The standard InChI is InChI=1S/C15H19N3O2S/c1-3-20-10-6-7-11-12(8-10)21-14(17-11)18-13(19)15(2,16)9-4-5-9/h6-9H,3-5,16H2,1-2H3,(H,17,18,19). The minimum Gasteiger partial charge on any atom is -0.494 e. The van der Waals surface area contributed by atoms with Gasteiger partial charge in [-0.15, -0.1) is 0 Å². The van der Waals surface area contributed by atoms with Gasteiger partial charge in [-0.3, -0.25) is 4.79 Å². The quantitative estimate of drug-likeness (QED) is 0.890. The van der Waals surface area contributed by atoms with Gasteiger partial charge in [-0.2, -0.15) is 0 Å². The summed E-state index contributed by atoms with van der Waals surface area (Å²) in [6.45, 7) is 4.36. The van der Waals surface area contributed by atoms with Crippen molar-refractivity contribution in [2.45, 2.75) is 32.2 Å². The fraction of sp³-hybridized carbons (Fsp3) is 0.467. The third-order valence-electron chi connectivity index (χ3n) is 3.81. The first kappa shape index (κ1) is 14.3. The number of thiazole rings is 1. The van der Waals surface area contributed by atoms with Gasteiger partial charge in [0, 0.05) is 0 Å². The number of hydrogen-bond donors (Lipinski definition) is 2. The molecular weight excluding hydrogens is 286 g/mol. The van der Waals surface area contributed by atoms with E-state index in [2.05, 4.69) is 10.3 Å². The van der Waals surface area contributed by atoms with Gasteiger partial charge in [0.05, 0.1) is 22.4 Å². The number of nitrogens with two attached hydrogens (primary N) is 1. The summed E-state index contributed by atoms with van der Waals surface area (Å²) in [7, 11) is 0. The lowest BCUT2D eigenvalue weighted by Crippen LogP contribution is -2.50. The van der Waals surface area contributed by atoms with E-state index in [1.165, 1.54) is 11.3 Å². The Morgan fingerprint density at radius 3 is 3.00 bits per heavy atom. The van der Waals surface area contributed by atoms with Gasteiger partial charge in [0.25, 0.3) is 0 Å². The van der Waals surface area contributed by atoms with Gasteiger partial charge in [-0.25, -0.2) is 4.98 Å². The van der Waals surface area contributed by atoms with Gasteiger partial charge in [0.1, 0.15) is 5.75 Å². The Morgan fingerprint density at radius 2 is 2.33 bits per heavy atom. The molecule has 1 fully saturated rings. The molecule has 1 heterocycles. The van der Waals surface area contributed by atoms with Crippen LogP contribution in [0.3, 0.4) is 0 Å². The molecular formula is C15H19N3O2S. The lowest BCUT2D eigenvalue weighted by atomic mass is 9.96. The van der Waals surface area contributed by atoms with Crippen LogP contribution in [0, 0.1) is 5.92 Å². The third-order valence-corrected chi connectivity index (χ3v) is 4.74. The molecule has 0 saturated heterocycles. The first-order valence-corrected chi connectivity index (χ1v) is 7.96. The molecule has 1 unspecified atom stereocenters. The molecule has 0 spiro atoms. The van der Waals surface area contributed by atoms with Crippen LogP contribution in [0.2, 0.25) is 0 Å². The molecule has 0 bridgehead atoms. The fourth-order valence-electron chi connectivity index (χ4n) is 2.32. The number of nitrogens with zero attached hydrogens (tertiary/aromatic N) is 1. The Balaban J connectivity index is 1.79. The molecule has 3 N–H and O–H groups in total. The molecule has 1 atom stereocenters. The Morgan fingerprint density at radius 1 is 1.57 bits per heavy atom. The van der Waals surface area contributed by atoms with Crippen LogP contribution in [-0.4, -0.2) is 23.0 Å². The summed E-state index contributed by atoms with van der Waals surface area (Å²) in [6, 6.07) is 5.72. The number of benzene rings is 1. The van der Waals surface area contributed by atoms with Gasteiger partial charge in [0.15, 0.2) is 5.13 Å². The summed E-state index contributed by atoms with van der Waals surface area (Å²) in [5.41, 5.74) is 6.16. The van der Waals surface area contributed by atoms with Crippen molar-refractivity contribution >= 4 is 32.6 Å². The average molecular weight is 305 g/mol. The number of carbonyl (C=O) groups is 1. The third kappa shape index (κ3) is 2.87. The molecule has 1 aromatic heterocycles. The van der Waals surface area contributed by atoms with Crippen LogP contribution in [0.25, 0.3) is 10.2 Å². The van der Waals surface area contributed by atoms with Gasteiger partial charge in [-0.1, -0.05) is 11.3 Å². The number of carbonyl (C=O) groups excluding carboxylic acids is 1. The maximum Gasteiger partial charge on any atom is 0.246 e. The van der Waals surface area contributed by atoms with E-state index >= 15 is 0 Å². The SMILES string of the molecule is CCOc1ccc2nc(NC(=O)C(C)(N)C3CC3)sc2c1. The van der Waals surface area contributed by atoms with Crippen molar-refractivity contribution in [1.29, 1.82) is 0 Å². The molecule has 5 nitrogen and oxygen atoms in total. The number of amides is 1. The minimum atomic E-state index is -0.811. The Kier molecular flexibility index (Phi) is 3.59. The molecule has 1 saturated carbocycles. The number of ether oxygens (including phenoxy) is 1. The van der Waals surface area contributed by atoms with Crippen molar-refractivity contribution < 1.29 is 9.53 Å². The van der Waals surface area contributed by atoms with Crippen molar-refractivity contribution in [3.63, 3.8) is 0 Å². The summed E-state index contributed by atoms with van der Waals surface area (Å²) in [5, 5.41) is 3.43. The van der Waals surface area contributed by atoms with Crippen molar-refractivity contribution in [2.24, 2.45) is 11.7 Å². The van der Waals surface area contributed by atoms with E-state index in [-0.39, 0.29) is 11.8 Å². The highest BCUT2D eigenvalue weighted by molar-refractivity contribution is 7.22. The molecule has 21 heavy (non-hydrogen) atoms. The summed E-state index contributed by atoms with van der Waals surface area (Å²) >= 11 is 1.44. The molecule has 6 heteroatoms. The van der Waals surface area contributed by atoms with E-state index in [4.69, 9.17) is 10.5 Å². The van der Waals surface area contributed by atoms with E-state index in [9.17, 15) is 4.79 Å². The summed E-state index contributed by atoms with van der Waals surface area (Å²) in [4.78, 5) is 16.7. The van der Waals surface area contributed by atoms with Gasteiger partial charge in [0.2, 0.25) is 5.91 Å². The van der Waals surface area contributed by atoms with Crippen molar-refractivity contribution in [1.82, 2.24) is 4.98 Å². The molecule has 0 radical (unpaired) electrons. The van der Waals surface area contributed by atoms with Crippen LogP contribution in [-0.2, 0) is 4.79 Å². The number of aromatic nitrogens is 1. The largest absolute Gasteiger partial charge is 0.494 e. The van der Waals surface area contributed by atoms with Crippen LogP contribution < -0.4 is 15.8 Å². The number of rotatable bonds is 5. The van der Waals surface area contributed by atoms with Crippen LogP contribution in [0.1, 0.15) is 26.7 Å². The fourth-order valence-corrected chi connectivity index (χ4v) is 3.20. The highest BCUT2D eigenvalue weighted by Crippen LogP contribution is 2.39. The summed E-state index contributed by atoms with van der Waals surface area (Å²) in [6.07, 6.45) is 2.05. The molecule has 3 rings (SSSR count). The van der Waals surface area contributed by atoms with E-state index in [1.807, 2.05) is 25.1 Å². The highest BCUT2D eigenvalue weighted by atomic mass is 32.1. The van der Waals surface area contributed by atoms with Crippen molar-refractivity contribution in [3.05, 3.63) is 18.2 Å². The molecule has 1 amide bonds. The predicted molar refractivity (Wildman–Crippen MR) is 84.7 cm³/mol. The van der Waals surface area contributed by atoms with E-state index < -0.39 is 5.54 Å². The average Bonchev–Trinajstić information content (AvgIpc) is 3.21. The monoisotopic (exact) mass is 305 g/mol. The second-order valence-electron chi connectivity index (χ2n) is 5.59. The molecule has 112 valence electrons. The normalized spacial score (nSPS) is 17.5. The lowest BCUT2D eigenvalue weighted by molar-refractivity contribution is -0.121. The maximum atomic E-state index is 12.3. The molecule has 2 aromatic rings. The first-order valence-electron chi connectivity index (χ1n) is 7.14. The molecule has 1 aromatic carbocycles. The maximum absolute atomic E-state index is 12.3. The smallest absolute Gasteiger partial charge is 0.246 e. The highest BCUT2D eigenvalue weighted by Gasteiger charge is 2.44. The van der Waals surface area contributed by atoms with Crippen LogP contribution in [0.5, 0.6) is 5.75 Å². The van der Waals surface area contributed by atoms with Gasteiger partial charge >= 0.3 is 0 Å². The lowest BCUT2D eigenvalue weighted by Gasteiger charge is -2.22. The van der Waals surface area contributed by atoms with E-state index in [1.54, 1.807) is 6.92 Å². The van der Waals surface area contributed by atoms with Crippen LogP contribution in [0.4, 0.5) is 5.13 Å². The van der Waals surface area contributed by atoms with Crippen LogP contribution >= 0.6 is 11.3 Å². The number of nitrogens with one attached hydrogen (secondary N) is 1. The number of fused-ring (bicyclic) bond motifs is 1. The van der Waals surface area contributed by atoms with Crippen molar-refractivity contribution in [2.75, 3.05) is 11.9 Å². The summed E-state index contributed by atoms with van der Waals surface area (Å²) in [5.74, 6) is 0.943. The zero-order chi connectivity index (χ0) is 15.0. The zero-order valence-corrected chi connectivity index (χ0v) is 13.0. The topological polar surface area (TPSA) is 77.2 Å². The molecule has 1 aliphatic carbocycles.